The van der Waals surface area contributed by atoms with Gasteiger partial charge < -0.3 is 15.4 Å². The van der Waals surface area contributed by atoms with Crippen LogP contribution in [-0.2, 0) is 4.74 Å². The molecule has 0 aromatic carbocycles. The van der Waals surface area contributed by atoms with E-state index in [4.69, 9.17) is 4.74 Å². The number of halogens is 4. The van der Waals surface area contributed by atoms with E-state index in [1.165, 1.54) is 19.3 Å². The van der Waals surface area contributed by atoms with E-state index < -0.39 is 12.6 Å². The van der Waals surface area contributed by atoms with Crippen molar-refractivity contribution in [1.82, 2.24) is 10.6 Å². The highest BCUT2D eigenvalue weighted by atomic mass is 127. The molecule has 0 spiro atoms. The van der Waals surface area contributed by atoms with Crippen LogP contribution in [0.2, 0.25) is 0 Å². The van der Waals surface area contributed by atoms with Crippen molar-refractivity contribution < 1.29 is 17.9 Å². The van der Waals surface area contributed by atoms with Gasteiger partial charge in [-0.1, -0.05) is 6.42 Å². The minimum absolute atomic E-state index is 0. The van der Waals surface area contributed by atoms with Gasteiger partial charge in [-0.05, 0) is 44.4 Å². The molecule has 0 aromatic rings. The van der Waals surface area contributed by atoms with Crippen LogP contribution in [0.3, 0.4) is 0 Å². The molecule has 0 aromatic heterocycles. The Morgan fingerprint density at radius 3 is 2.42 bits per heavy atom. The quantitative estimate of drug-likeness (QED) is 0.221. The SMILES string of the molecule is CCNC(=NCC1(CCOC)CCC1)NCCCCC(F)(F)F.I. The monoisotopic (exact) mass is 465 g/mol. The van der Waals surface area contributed by atoms with Crippen LogP contribution in [0, 0.1) is 5.41 Å². The summed E-state index contributed by atoms with van der Waals surface area (Å²) in [5.41, 5.74) is 0.245. The fourth-order valence-corrected chi connectivity index (χ4v) is 2.73. The van der Waals surface area contributed by atoms with Crippen LogP contribution in [-0.4, -0.2) is 45.5 Å². The second-order valence-electron chi connectivity index (χ2n) is 6.29. The zero-order valence-corrected chi connectivity index (χ0v) is 17.0. The summed E-state index contributed by atoms with van der Waals surface area (Å²) in [4.78, 5) is 4.62. The van der Waals surface area contributed by atoms with Gasteiger partial charge in [0.25, 0.3) is 0 Å². The fraction of sp³-hybridized carbons (Fsp3) is 0.938. The van der Waals surface area contributed by atoms with Crippen molar-refractivity contribution in [3.8, 4) is 0 Å². The van der Waals surface area contributed by atoms with Gasteiger partial charge in [0.15, 0.2) is 5.96 Å². The van der Waals surface area contributed by atoms with E-state index in [2.05, 4.69) is 15.6 Å². The molecule has 0 heterocycles. The summed E-state index contributed by atoms with van der Waals surface area (Å²) in [7, 11) is 1.71. The maximum atomic E-state index is 12.1. The summed E-state index contributed by atoms with van der Waals surface area (Å²) >= 11 is 0. The predicted molar refractivity (Wildman–Crippen MR) is 102 cm³/mol. The maximum absolute atomic E-state index is 12.1. The highest BCUT2D eigenvalue weighted by Gasteiger charge is 2.36. The molecule has 1 rings (SSSR count). The average Bonchev–Trinajstić information content (AvgIpc) is 2.44. The van der Waals surface area contributed by atoms with Crippen molar-refractivity contribution in [2.24, 2.45) is 10.4 Å². The van der Waals surface area contributed by atoms with Gasteiger partial charge >= 0.3 is 6.18 Å². The van der Waals surface area contributed by atoms with Crippen LogP contribution in [0.1, 0.15) is 51.9 Å². The molecule has 1 saturated carbocycles. The van der Waals surface area contributed by atoms with Gasteiger partial charge in [-0.3, -0.25) is 4.99 Å². The van der Waals surface area contributed by atoms with E-state index in [1.54, 1.807) is 7.11 Å². The number of alkyl halides is 3. The van der Waals surface area contributed by atoms with Gasteiger partial charge in [-0.25, -0.2) is 0 Å². The third-order valence-corrected chi connectivity index (χ3v) is 4.35. The van der Waals surface area contributed by atoms with Crippen LogP contribution >= 0.6 is 24.0 Å². The number of hydrogen-bond acceptors (Lipinski definition) is 2. The van der Waals surface area contributed by atoms with Gasteiger partial charge in [-0.2, -0.15) is 13.2 Å². The lowest BCUT2D eigenvalue weighted by Crippen LogP contribution is -2.40. The molecule has 8 heteroatoms. The summed E-state index contributed by atoms with van der Waals surface area (Å²) in [6.45, 7) is 4.71. The largest absolute Gasteiger partial charge is 0.389 e. The standard InChI is InChI=1S/C16H30F3N3O.HI/c1-3-20-14(21-11-5-4-9-16(17,18)19)22-13-15(7-6-8-15)10-12-23-2;/h3-13H2,1-2H3,(H2,20,21,22);1H. The molecule has 1 fully saturated rings. The fourth-order valence-electron chi connectivity index (χ4n) is 2.73. The second kappa shape index (κ2) is 12.2. The number of guanidine groups is 1. The molecular formula is C16H31F3IN3O. The molecule has 0 radical (unpaired) electrons. The third kappa shape index (κ3) is 9.90. The highest BCUT2D eigenvalue weighted by molar-refractivity contribution is 14.0. The van der Waals surface area contributed by atoms with Gasteiger partial charge in [0.2, 0.25) is 0 Å². The van der Waals surface area contributed by atoms with Crippen molar-refractivity contribution in [3.63, 3.8) is 0 Å². The van der Waals surface area contributed by atoms with Gasteiger partial charge in [-0.15, -0.1) is 24.0 Å². The zero-order chi connectivity index (χ0) is 17.2. The molecule has 24 heavy (non-hydrogen) atoms. The lowest BCUT2D eigenvalue weighted by molar-refractivity contribution is -0.135. The minimum Gasteiger partial charge on any atom is -0.385 e. The molecule has 0 bridgehead atoms. The Labute approximate surface area is 160 Å². The lowest BCUT2D eigenvalue weighted by atomic mass is 9.67. The van der Waals surface area contributed by atoms with E-state index in [1.807, 2.05) is 6.92 Å². The topological polar surface area (TPSA) is 45.7 Å². The van der Waals surface area contributed by atoms with E-state index in [0.717, 1.165) is 26.1 Å². The summed E-state index contributed by atoms with van der Waals surface area (Å²) < 4.78 is 41.5. The van der Waals surface area contributed by atoms with E-state index >= 15 is 0 Å². The van der Waals surface area contributed by atoms with Gasteiger partial charge in [0, 0.05) is 39.8 Å². The molecule has 0 amide bonds. The molecule has 1 aliphatic carbocycles. The number of methoxy groups -OCH3 is 1. The summed E-state index contributed by atoms with van der Waals surface area (Å²) in [6.07, 6.45) is 0.444. The number of ether oxygens (including phenoxy) is 1. The van der Waals surface area contributed by atoms with Crippen molar-refractivity contribution in [3.05, 3.63) is 0 Å². The van der Waals surface area contributed by atoms with Crippen LogP contribution < -0.4 is 10.6 Å². The molecule has 0 atom stereocenters. The Kier molecular flexibility index (Phi) is 12.0. The molecule has 1 aliphatic rings. The van der Waals surface area contributed by atoms with E-state index in [-0.39, 0.29) is 35.8 Å². The van der Waals surface area contributed by atoms with Gasteiger partial charge in [0.1, 0.15) is 0 Å². The van der Waals surface area contributed by atoms with Crippen molar-refractivity contribution >= 4 is 29.9 Å². The van der Waals surface area contributed by atoms with Crippen LogP contribution in [0.5, 0.6) is 0 Å². The summed E-state index contributed by atoms with van der Waals surface area (Å²) in [5, 5.41) is 6.28. The summed E-state index contributed by atoms with van der Waals surface area (Å²) in [5.74, 6) is 0.697. The number of hydrogen-bond donors (Lipinski definition) is 2. The molecule has 4 nitrogen and oxygen atoms in total. The highest BCUT2D eigenvalue weighted by Crippen LogP contribution is 2.44. The number of aliphatic imine (C=N–C) groups is 1. The van der Waals surface area contributed by atoms with E-state index in [9.17, 15) is 13.2 Å². The first-order chi connectivity index (χ1) is 10.9. The average molecular weight is 465 g/mol. The smallest absolute Gasteiger partial charge is 0.385 e. The van der Waals surface area contributed by atoms with Gasteiger partial charge in [0.05, 0.1) is 0 Å². The zero-order valence-electron chi connectivity index (χ0n) is 14.7. The third-order valence-electron chi connectivity index (χ3n) is 4.35. The molecule has 0 saturated heterocycles. The maximum Gasteiger partial charge on any atom is 0.389 e. The lowest BCUT2D eigenvalue weighted by Gasteiger charge is -2.40. The van der Waals surface area contributed by atoms with Crippen molar-refractivity contribution in [2.75, 3.05) is 33.4 Å². The van der Waals surface area contributed by atoms with E-state index in [0.29, 0.717) is 18.9 Å². The van der Waals surface area contributed by atoms with Crippen LogP contribution in [0.15, 0.2) is 4.99 Å². The number of unbranched alkanes of at least 4 members (excludes halogenated alkanes) is 1. The first-order valence-electron chi connectivity index (χ1n) is 8.49. The first kappa shape index (κ1) is 23.8. The normalized spacial score (nSPS) is 17.0. The predicted octanol–water partition coefficient (Wildman–Crippen LogP) is 4.10. The second-order valence-corrected chi connectivity index (χ2v) is 6.29. The Morgan fingerprint density at radius 1 is 1.21 bits per heavy atom. The Morgan fingerprint density at radius 2 is 1.92 bits per heavy atom. The summed E-state index contributed by atoms with van der Waals surface area (Å²) in [6, 6.07) is 0. The Hall–Kier alpha value is -0.250. The van der Waals surface area contributed by atoms with Crippen molar-refractivity contribution in [2.45, 2.75) is 58.0 Å². The molecular weight excluding hydrogens is 434 g/mol. The first-order valence-corrected chi connectivity index (χ1v) is 8.49. The number of nitrogens with zero attached hydrogens (tertiary/aromatic N) is 1. The molecule has 0 aliphatic heterocycles. The van der Waals surface area contributed by atoms with Crippen molar-refractivity contribution in [1.29, 1.82) is 0 Å². The minimum atomic E-state index is -4.06. The van der Waals surface area contributed by atoms with Crippen LogP contribution in [0.25, 0.3) is 0 Å². The Balaban J connectivity index is 0.00000529. The molecule has 0 unspecified atom stereocenters. The number of nitrogens with one attached hydrogen (secondary N) is 2. The Bertz CT molecular complexity index is 361. The molecule has 144 valence electrons. The molecule has 2 N–H and O–H groups in total. The van der Waals surface area contributed by atoms with Crippen LogP contribution in [0.4, 0.5) is 13.2 Å². The number of rotatable bonds is 10.